The molecule has 1 N–H and O–H groups in total. The van der Waals surface area contributed by atoms with Gasteiger partial charge in [-0.3, -0.25) is 4.79 Å². The Kier molecular flexibility index (Phi) is 5.82. The molecule has 0 atom stereocenters. The lowest BCUT2D eigenvalue weighted by molar-refractivity contribution is 0.0952. The van der Waals surface area contributed by atoms with Crippen LogP contribution in [0.5, 0.6) is 5.75 Å². The number of ether oxygens (including phenoxy) is 1. The smallest absolute Gasteiger partial charge is 0.251 e. The van der Waals surface area contributed by atoms with Crippen LogP contribution < -0.4 is 10.1 Å². The van der Waals surface area contributed by atoms with E-state index < -0.39 is 0 Å². The molecule has 25 heavy (non-hydrogen) atoms. The van der Waals surface area contributed by atoms with Crippen molar-refractivity contribution in [3.63, 3.8) is 0 Å². The van der Waals surface area contributed by atoms with Crippen LogP contribution in [0.25, 0.3) is 0 Å². The van der Waals surface area contributed by atoms with E-state index in [1.807, 2.05) is 65.4 Å². The van der Waals surface area contributed by atoms with Gasteiger partial charge >= 0.3 is 0 Å². The van der Waals surface area contributed by atoms with Crippen LogP contribution in [0, 0.1) is 0 Å². The van der Waals surface area contributed by atoms with Crippen molar-refractivity contribution >= 4 is 5.91 Å². The summed E-state index contributed by atoms with van der Waals surface area (Å²) in [6, 6.07) is 17.2. The third-order valence-electron chi connectivity index (χ3n) is 3.80. The standard InChI is InChI=1S/C20H21N3O2/c24-20(22-11-4-13-23-14-12-21-16-23)18-9-7-17(8-10-18)15-25-19-5-2-1-3-6-19/h1-3,5-10,12,14,16H,4,11,13,15H2,(H,22,24). The van der Waals surface area contributed by atoms with E-state index in [0.29, 0.717) is 18.7 Å². The zero-order chi connectivity index (χ0) is 17.3. The molecule has 0 aliphatic heterocycles. The summed E-state index contributed by atoms with van der Waals surface area (Å²) in [5, 5.41) is 2.93. The van der Waals surface area contributed by atoms with Crippen molar-refractivity contribution in [3.05, 3.63) is 84.4 Å². The van der Waals surface area contributed by atoms with E-state index in [1.165, 1.54) is 0 Å². The third-order valence-corrected chi connectivity index (χ3v) is 3.80. The number of carbonyl (C=O) groups is 1. The Morgan fingerprint density at radius 3 is 2.60 bits per heavy atom. The first kappa shape index (κ1) is 16.8. The summed E-state index contributed by atoms with van der Waals surface area (Å²) in [6.07, 6.45) is 6.31. The van der Waals surface area contributed by atoms with Gasteiger partial charge in [0.2, 0.25) is 0 Å². The van der Waals surface area contributed by atoms with Crippen molar-refractivity contribution < 1.29 is 9.53 Å². The molecule has 0 spiro atoms. The highest BCUT2D eigenvalue weighted by Crippen LogP contribution is 2.12. The summed E-state index contributed by atoms with van der Waals surface area (Å²) < 4.78 is 7.69. The fourth-order valence-corrected chi connectivity index (χ4v) is 2.42. The molecule has 0 aliphatic rings. The molecule has 128 valence electrons. The van der Waals surface area contributed by atoms with Gasteiger partial charge in [0.05, 0.1) is 6.33 Å². The number of benzene rings is 2. The molecule has 0 bridgehead atoms. The van der Waals surface area contributed by atoms with Crippen molar-refractivity contribution in [1.82, 2.24) is 14.9 Å². The molecule has 0 radical (unpaired) electrons. The Labute approximate surface area is 147 Å². The van der Waals surface area contributed by atoms with Gasteiger partial charge in [0.15, 0.2) is 0 Å². The Hall–Kier alpha value is -3.08. The van der Waals surface area contributed by atoms with E-state index in [-0.39, 0.29) is 5.91 Å². The predicted octanol–water partition coefficient (Wildman–Crippen LogP) is 3.28. The molecule has 0 saturated carbocycles. The van der Waals surface area contributed by atoms with E-state index >= 15 is 0 Å². The molecule has 0 fully saturated rings. The number of hydrogen-bond acceptors (Lipinski definition) is 3. The fourth-order valence-electron chi connectivity index (χ4n) is 2.42. The number of imidazole rings is 1. The Morgan fingerprint density at radius 2 is 1.88 bits per heavy atom. The van der Waals surface area contributed by atoms with Crippen LogP contribution in [0.3, 0.4) is 0 Å². The molecule has 5 heteroatoms. The number of nitrogens with one attached hydrogen (secondary N) is 1. The van der Waals surface area contributed by atoms with Crippen molar-refractivity contribution in [2.75, 3.05) is 6.54 Å². The van der Waals surface area contributed by atoms with Crippen LogP contribution in [-0.2, 0) is 13.2 Å². The monoisotopic (exact) mass is 335 g/mol. The number of para-hydroxylation sites is 1. The normalized spacial score (nSPS) is 10.4. The van der Waals surface area contributed by atoms with E-state index in [2.05, 4.69) is 10.3 Å². The maximum absolute atomic E-state index is 12.1. The third kappa shape index (κ3) is 5.21. The largest absolute Gasteiger partial charge is 0.489 e. The highest BCUT2D eigenvalue weighted by Gasteiger charge is 2.05. The second-order valence-electron chi connectivity index (χ2n) is 5.71. The first-order valence-corrected chi connectivity index (χ1v) is 8.32. The SMILES string of the molecule is O=C(NCCCn1ccnc1)c1ccc(COc2ccccc2)cc1. The summed E-state index contributed by atoms with van der Waals surface area (Å²) >= 11 is 0. The zero-order valence-corrected chi connectivity index (χ0v) is 14.0. The van der Waals surface area contributed by atoms with Gasteiger partial charge in [0.1, 0.15) is 12.4 Å². The second-order valence-corrected chi connectivity index (χ2v) is 5.71. The minimum absolute atomic E-state index is 0.0545. The molecule has 3 rings (SSSR count). The summed E-state index contributed by atoms with van der Waals surface area (Å²) in [7, 11) is 0. The van der Waals surface area contributed by atoms with Crippen molar-refractivity contribution in [1.29, 1.82) is 0 Å². The van der Waals surface area contributed by atoms with Gasteiger partial charge in [-0.1, -0.05) is 30.3 Å². The number of aryl methyl sites for hydroxylation is 1. The first-order valence-electron chi connectivity index (χ1n) is 8.32. The number of nitrogens with zero attached hydrogens (tertiary/aromatic N) is 2. The lowest BCUT2D eigenvalue weighted by Crippen LogP contribution is -2.25. The molecule has 1 amide bonds. The second kappa shape index (κ2) is 8.68. The Bertz CT molecular complexity index is 768. The molecule has 1 heterocycles. The van der Waals surface area contributed by atoms with Crippen molar-refractivity contribution in [3.8, 4) is 5.75 Å². The maximum Gasteiger partial charge on any atom is 0.251 e. The Balaban J connectivity index is 1.42. The predicted molar refractivity (Wildman–Crippen MR) is 96.4 cm³/mol. The lowest BCUT2D eigenvalue weighted by Gasteiger charge is -2.08. The summed E-state index contributed by atoms with van der Waals surface area (Å²) in [4.78, 5) is 16.1. The Morgan fingerprint density at radius 1 is 1.08 bits per heavy atom. The number of carbonyl (C=O) groups excluding carboxylic acids is 1. The number of amides is 1. The summed E-state index contributed by atoms with van der Waals surface area (Å²) in [6.45, 7) is 1.96. The van der Waals surface area contributed by atoms with Gasteiger partial charge in [0, 0.05) is 31.0 Å². The van der Waals surface area contributed by atoms with Gasteiger partial charge < -0.3 is 14.6 Å². The quantitative estimate of drug-likeness (QED) is 0.643. The molecule has 3 aromatic rings. The number of rotatable bonds is 8. The van der Waals surface area contributed by atoms with Gasteiger partial charge in [0.25, 0.3) is 5.91 Å². The van der Waals surface area contributed by atoms with Crippen LogP contribution in [-0.4, -0.2) is 22.0 Å². The van der Waals surface area contributed by atoms with Crippen LogP contribution in [0.2, 0.25) is 0 Å². The lowest BCUT2D eigenvalue weighted by atomic mass is 10.1. The van der Waals surface area contributed by atoms with Crippen LogP contribution >= 0.6 is 0 Å². The van der Waals surface area contributed by atoms with Gasteiger partial charge in [-0.25, -0.2) is 4.98 Å². The van der Waals surface area contributed by atoms with Gasteiger partial charge in [-0.05, 0) is 36.2 Å². The molecule has 0 unspecified atom stereocenters. The number of aromatic nitrogens is 2. The zero-order valence-electron chi connectivity index (χ0n) is 14.0. The molecular weight excluding hydrogens is 314 g/mol. The molecule has 2 aromatic carbocycles. The topological polar surface area (TPSA) is 56.2 Å². The maximum atomic E-state index is 12.1. The van der Waals surface area contributed by atoms with Gasteiger partial charge in [-0.15, -0.1) is 0 Å². The van der Waals surface area contributed by atoms with E-state index in [9.17, 15) is 4.79 Å². The molecular formula is C20H21N3O2. The molecule has 5 nitrogen and oxygen atoms in total. The van der Waals surface area contributed by atoms with E-state index in [1.54, 1.807) is 12.5 Å². The van der Waals surface area contributed by atoms with Crippen molar-refractivity contribution in [2.45, 2.75) is 19.6 Å². The highest BCUT2D eigenvalue weighted by molar-refractivity contribution is 5.94. The molecule has 1 aromatic heterocycles. The molecule has 0 aliphatic carbocycles. The average molecular weight is 335 g/mol. The van der Waals surface area contributed by atoms with Crippen molar-refractivity contribution in [2.24, 2.45) is 0 Å². The first-order chi connectivity index (χ1) is 12.3. The summed E-state index contributed by atoms with van der Waals surface area (Å²) in [5.41, 5.74) is 1.69. The van der Waals surface area contributed by atoms with Crippen LogP contribution in [0.15, 0.2) is 73.3 Å². The average Bonchev–Trinajstić information content (AvgIpc) is 3.18. The van der Waals surface area contributed by atoms with Crippen LogP contribution in [0.4, 0.5) is 0 Å². The minimum atomic E-state index is -0.0545. The minimum Gasteiger partial charge on any atom is -0.489 e. The van der Waals surface area contributed by atoms with E-state index in [4.69, 9.17) is 4.74 Å². The van der Waals surface area contributed by atoms with Gasteiger partial charge in [-0.2, -0.15) is 0 Å². The van der Waals surface area contributed by atoms with Crippen LogP contribution in [0.1, 0.15) is 22.3 Å². The van der Waals surface area contributed by atoms with E-state index in [0.717, 1.165) is 24.3 Å². The fraction of sp³-hybridized carbons (Fsp3) is 0.200. The number of hydrogen-bond donors (Lipinski definition) is 1. The highest BCUT2D eigenvalue weighted by atomic mass is 16.5. The summed E-state index contributed by atoms with van der Waals surface area (Å²) in [5.74, 6) is 0.781. The molecule has 0 saturated heterocycles.